The molecule has 0 unspecified atom stereocenters. The van der Waals surface area contributed by atoms with Gasteiger partial charge in [0, 0.05) is 18.5 Å². The van der Waals surface area contributed by atoms with E-state index < -0.39 is 0 Å². The van der Waals surface area contributed by atoms with Gasteiger partial charge in [-0.3, -0.25) is 4.68 Å². The minimum Gasteiger partial charge on any atom is -0.493 e. The van der Waals surface area contributed by atoms with E-state index in [0.717, 1.165) is 29.3 Å². The molecule has 0 aliphatic rings. The van der Waals surface area contributed by atoms with Gasteiger partial charge in [-0.2, -0.15) is 5.10 Å². The summed E-state index contributed by atoms with van der Waals surface area (Å²) < 4.78 is 13.2. The summed E-state index contributed by atoms with van der Waals surface area (Å²) in [6.07, 6.45) is 0.816. The van der Waals surface area contributed by atoms with Crippen LogP contribution in [0.4, 0.5) is 0 Å². The van der Waals surface area contributed by atoms with Crippen LogP contribution in [0, 0.1) is 13.8 Å². The third-order valence-electron chi connectivity index (χ3n) is 3.06. The fraction of sp³-hybridized carbons (Fsp3) is 0.400. The number of ether oxygens (including phenoxy) is 2. The molecule has 0 atom stereocenters. The Morgan fingerprint density at radius 3 is 2.35 bits per heavy atom. The van der Waals surface area contributed by atoms with E-state index in [1.165, 1.54) is 0 Å². The van der Waals surface area contributed by atoms with Gasteiger partial charge in [-0.15, -0.1) is 0 Å². The fourth-order valence-corrected chi connectivity index (χ4v) is 2.04. The second-order valence-electron chi connectivity index (χ2n) is 4.63. The average Bonchev–Trinajstić information content (AvgIpc) is 2.66. The summed E-state index contributed by atoms with van der Waals surface area (Å²) in [6, 6.07) is 7.35. The highest BCUT2D eigenvalue weighted by molar-refractivity contribution is 6.30. The van der Waals surface area contributed by atoms with E-state index in [2.05, 4.69) is 5.10 Å². The Hall–Kier alpha value is -1.68. The third kappa shape index (κ3) is 3.67. The molecule has 0 radical (unpaired) electrons. The maximum Gasteiger partial charge on any atom is 0.162 e. The number of nitrogens with zero attached hydrogens (tertiary/aromatic N) is 2. The SMILES string of the molecule is Cc1nn(C)c(C)c1OCCCOc1ccc(Cl)cc1. The van der Waals surface area contributed by atoms with Gasteiger partial charge in [0.1, 0.15) is 11.4 Å². The van der Waals surface area contributed by atoms with Gasteiger partial charge in [0.15, 0.2) is 5.75 Å². The maximum atomic E-state index is 5.81. The largest absolute Gasteiger partial charge is 0.493 e. The van der Waals surface area contributed by atoms with Crippen molar-refractivity contribution in [1.82, 2.24) is 9.78 Å². The van der Waals surface area contributed by atoms with Gasteiger partial charge in [-0.1, -0.05) is 11.6 Å². The molecule has 1 aromatic heterocycles. The lowest BCUT2D eigenvalue weighted by Gasteiger charge is -2.08. The minimum atomic E-state index is 0.611. The summed E-state index contributed by atoms with van der Waals surface area (Å²) in [5, 5.41) is 5.02. The van der Waals surface area contributed by atoms with Crippen LogP contribution in [0.1, 0.15) is 17.8 Å². The highest BCUT2D eigenvalue weighted by Crippen LogP contribution is 2.21. The van der Waals surface area contributed by atoms with E-state index in [1.54, 1.807) is 0 Å². The van der Waals surface area contributed by atoms with Gasteiger partial charge in [0.25, 0.3) is 0 Å². The second-order valence-corrected chi connectivity index (χ2v) is 5.06. The van der Waals surface area contributed by atoms with Crippen LogP contribution < -0.4 is 9.47 Å². The monoisotopic (exact) mass is 294 g/mol. The number of benzene rings is 1. The first-order valence-electron chi connectivity index (χ1n) is 6.59. The van der Waals surface area contributed by atoms with Crippen LogP contribution in [0.2, 0.25) is 5.02 Å². The summed E-state index contributed by atoms with van der Waals surface area (Å²) in [4.78, 5) is 0. The molecule has 2 rings (SSSR count). The van der Waals surface area contributed by atoms with E-state index in [-0.39, 0.29) is 0 Å². The van der Waals surface area contributed by atoms with Crippen molar-refractivity contribution in [1.29, 1.82) is 0 Å². The van der Waals surface area contributed by atoms with Crippen molar-refractivity contribution in [3.63, 3.8) is 0 Å². The van der Waals surface area contributed by atoms with Crippen LogP contribution in [0.3, 0.4) is 0 Å². The van der Waals surface area contributed by atoms with Crippen molar-refractivity contribution in [2.45, 2.75) is 20.3 Å². The first-order chi connectivity index (χ1) is 9.58. The number of rotatable bonds is 6. The molecule has 0 amide bonds. The van der Waals surface area contributed by atoms with E-state index in [0.29, 0.717) is 18.2 Å². The molecule has 0 saturated carbocycles. The quantitative estimate of drug-likeness (QED) is 0.765. The van der Waals surface area contributed by atoms with Gasteiger partial charge < -0.3 is 9.47 Å². The molecule has 0 aliphatic carbocycles. The Morgan fingerprint density at radius 1 is 1.10 bits per heavy atom. The lowest BCUT2D eigenvalue weighted by Crippen LogP contribution is -2.05. The number of aromatic nitrogens is 2. The number of hydrogen-bond donors (Lipinski definition) is 0. The third-order valence-corrected chi connectivity index (χ3v) is 3.31. The molecular formula is C15H19ClN2O2. The van der Waals surface area contributed by atoms with Crippen LogP contribution in [-0.4, -0.2) is 23.0 Å². The van der Waals surface area contributed by atoms with Gasteiger partial charge in [-0.05, 0) is 38.1 Å². The zero-order valence-corrected chi connectivity index (χ0v) is 12.8. The highest BCUT2D eigenvalue weighted by atomic mass is 35.5. The zero-order valence-electron chi connectivity index (χ0n) is 12.0. The van der Waals surface area contributed by atoms with Crippen LogP contribution in [0.5, 0.6) is 11.5 Å². The van der Waals surface area contributed by atoms with Crippen molar-refractivity contribution >= 4 is 11.6 Å². The van der Waals surface area contributed by atoms with E-state index >= 15 is 0 Å². The molecule has 0 aliphatic heterocycles. The van der Waals surface area contributed by atoms with E-state index in [1.807, 2.05) is 49.8 Å². The standard InChI is InChI=1S/C15H19ClN2O2/c1-11-15(12(2)18(3)17-11)20-10-4-9-19-14-7-5-13(16)6-8-14/h5-8H,4,9-10H2,1-3H3. The molecule has 4 nitrogen and oxygen atoms in total. The summed E-state index contributed by atoms with van der Waals surface area (Å²) in [5.41, 5.74) is 1.96. The molecule has 5 heteroatoms. The number of aryl methyl sites for hydroxylation is 2. The predicted octanol–water partition coefficient (Wildman–Crippen LogP) is 3.54. The second kappa shape index (κ2) is 6.66. The molecule has 0 bridgehead atoms. The topological polar surface area (TPSA) is 36.3 Å². The van der Waals surface area contributed by atoms with Gasteiger partial charge in [-0.25, -0.2) is 0 Å². The minimum absolute atomic E-state index is 0.611. The van der Waals surface area contributed by atoms with Crippen molar-refractivity contribution in [2.24, 2.45) is 7.05 Å². The molecule has 1 heterocycles. The van der Waals surface area contributed by atoms with Crippen LogP contribution in [-0.2, 0) is 7.05 Å². The number of halogens is 1. The Bertz CT molecular complexity index is 564. The fourth-order valence-electron chi connectivity index (χ4n) is 1.92. The summed E-state index contributed by atoms with van der Waals surface area (Å²) in [7, 11) is 1.92. The van der Waals surface area contributed by atoms with Crippen molar-refractivity contribution in [2.75, 3.05) is 13.2 Å². The summed E-state index contributed by atoms with van der Waals surface area (Å²) in [5.74, 6) is 1.70. The maximum absolute atomic E-state index is 5.81. The Labute approximate surface area is 124 Å². The highest BCUT2D eigenvalue weighted by Gasteiger charge is 2.09. The van der Waals surface area contributed by atoms with Crippen molar-refractivity contribution in [3.05, 3.63) is 40.7 Å². The zero-order chi connectivity index (χ0) is 14.5. The van der Waals surface area contributed by atoms with Crippen LogP contribution in [0.25, 0.3) is 0 Å². The van der Waals surface area contributed by atoms with E-state index in [4.69, 9.17) is 21.1 Å². The number of hydrogen-bond acceptors (Lipinski definition) is 3. The van der Waals surface area contributed by atoms with Crippen molar-refractivity contribution in [3.8, 4) is 11.5 Å². The predicted molar refractivity (Wildman–Crippen MR) is 79.7 cm³/mol. The normalized spacial score (nSPS) is 10.6. The lowest BCUT2D eigenvalue weighted by atomic mass is 10.3. The Morgan fingerprint density at radius 2 is 1.75 bits per heavy atom. The van der Waals surface area contributed by atoms with Gasteiger partial charge in [0.2, 0.25) is 0 Å². The van der Waals surface area contributed by atoms with Crippen LogP contribution >= 0.6 is 11.6 Å². The molecule has 0 N–H and O–H groups in total. The molecular weight excluding hydrogens is 276 g/mol. The van der Waals surface area contributed by atoms with Crippen molar-refractivity contribution < 1.29 is 9.47 Å². The summed E-state index contributed by atoms with van der Waals surface area (Å²) >= 11 is 5.81. The molecule has 20 heavy (non-hydrogen) atoms. The molecule has 0 spiro atoms. The van der Waals surface area contributed by atoms with Gasteiger partial charge in [0.05, 0.1) is 18.9 Å². The van der Waals surface area contributed by atoms with Crippen LogP contribution in [0.15, 0.2) is 24.3 Å². The lowest BCUT2D eigenvalue weighted by molar-refractivity contribution is 0.245. The molecule has 0 saturated heterocycles. The Balaban J connectivity index is 1.73. The molecule has 108 valence electrons. The smallest absolute Gasteiger partial charge is 0.162 e. The Kier molecular flexibility index (Phi) is 4.90. The van der Waals surface area contributed by atoms with Gasteiger partial charge >= 0.3 is 0 Å². The molecule has 2 aromatic rings. The molecule has 0 fully saturated rings. The van der Waals surface area contributed by atoms with E-state index in [9.17, 15) is 0 Å². The summed E-state index contributed by atoms with van der Waals surface area (Å²) in [6.45, 7) is 5.17. The first-order valence-corrected chi connectivity index (χ1v) is 6.97. The average molecular weight is 295 g/mol. The molecule has 1 aromatic carbocycles. The first kappa shape index (κ1) is 14.7.